The van der Waals surface area contributed by atoms with E-state index in [1.165, 1.54) is 18.1 Å². The van der Waals surface area contributed by atoms with E-state index in [9.17, 15) is 19.5 Å². The van der Waals surface area contributed by atoms with Crippen molar-refractivity contribution in [2.75, 3.05) is 18.6 Å². The average Bonchev–Trinajstić information content (AvgIpc) is 3.18. The van der Waals surface area contributed by atoms with Gasteiger partial charge in [-0.2, -0.15) is 0 Å². The minimum Gasteiger partial charge on any atom is -0.507 e. The Morgan fingerprint density at radius 3 is 2.26 bits per heavy atom. The smallest absolute Gasteiger partial charge is 0.337 e. The summed E-state index contributed by atoms with van der Waals surface area (Å²) in [5, 5.41) is 11.5. The van der Waals surface area contributed by atoms with Crippen LogP contribution in [0.25, 0.3) is 5.76 Å². The lowest BCUT2D eigenvalue weighted by Gasteiger charge is -2.27. The molecule has 1 unspecified atom stereocenters. The van der Waals surface area contributed by atoms with E-state index >= 15 is 0 Å². The summed E-state index contributed by atoms with van der Waals surface area (Å²) in [7, 11) is 1.27. The summed E-state index contributed by atoms with van der Waals surface area (Å²) in [5.41, 5.74) is 3.35. The number of carbonyl (C=O) groups excluding carboxylic acids is 3. The standard InChI is InChI=1S/C32H33NO6/c1-7-39-25-16-13-21(17-19(25)2)28(34)26-27(20-11-14-23(15-12-20)32(3,4)5)33(30(36)29(26)35)24-10-8-9-22(18-24)31(37)38-6/h8-18,27,34H,7H2,1-6H3/b28-26+. The van der Waals surface area contributed by atoms with Crippen molar-refractivity contribution in [3.05, 3.63) is 100 Å². The third-order valence-electron chi connectivity index (χ3n) is 6.83. The molecule has 1 fully saturated rings. The minimum absolute atomic E-state index is 0.0319. The first kappa shape index (κ1) is 27.6. The second kappa shape index (κ2) is 10.8. The molecule has 1 atom stereocenters. The number of nitrogens with zero attached hydrogens (tertiary/aromatic N) is 1. The van der Waals surface area contributed by atoms with E-state index in [4.69, 9.17) is 9.47 Å². The number of ketones is 1. The Morgan fingerprint density at radius 1 is 0.974 bits per heavy atom. The summed E-state index contributed by atoms with van der Waals surface area (Å²) < 4.78 is 10.5. The van der Waals surface area contributed by atoms with Crippen LogP contribution in [0.4, 0.5) is 5.69 Å². The predicted molar refractivity (Wildman–Crippen MR) is 150 cm³/mol. The van der Waals surface area contributed by atoms with Gasteiger partial charge in [0.25, 0.3) is 11.7 Å². The van der Waals surface area contributed by atoms with Crippen molar-refractivity contribution in [2.24, 2.45) is 0 Å². The number of hydrogen-bond acceptors (Lipinski definition) is 6. The summed E-state index contributed by atoms with van der Waals surface area (Å²) in [6, 6.07) is 18.2. The van der Waals surface area contributed by atoms with Crippen LogP contribution >= 0.6 is 0 Å². The first-order chi connectivity index (χ1) is 18.5. The highest BCUT2D eigenvalue weighted by atomic mass is 16.5. The molecule has 1 amide bonds. The van der Waals surface area contributed by atoms with Gasteiger partial charge in [-0.25, -0.2) is 4.79 Å². The van der Waals surface area contributed by atoms with E-state index in [0.29, 0.717) is 29.2 Å². The number of anilines is 1. The molecule has 1 N–H and O–H groups in total. The first-order valence-electron chi connectivity index (χ1n) is 12.8. The van der Waals surface area contributed by atoms with Gasteiger partial charge < -0.3 is 14.6 Å². The molecule has 202 valence electrons. The molecule has 0 saturated carbocycles. The van der Waals surface area contributed by atoms with Gasteiger partial charge in [-0.3, -0.25) is 14.5 Å². The van der Waals surface area contributed by atoms with Gasteiger partial charge in [0.05, 0.1) is 30.9 Å². The Kier molecular flexibility index (Phi) is 7.63. The molecule has 1 aliphatic rings. The number of aryl methyl sites for hydroxylation is 1. The molecule has 39 heavy (non-hydrogen) atoms. The summed E-state index contributed by atoms with van der Waals surface area (Å²) >= 11 is 0. The Bertz CT molecular complexity index is 1460. The number of esters is 1. The highest BCUT2D eigenvalue weighted by Crippen LogP contribution is 2.43. The highest BCUT2D eigenvalue weighted by molar-refractivity contribution is 6.51. The molecule has 7 nitrogen and oxygen atoms in total. The number of hydrogen-bond donors (Lipinski definition) is 1. The molecule has 0 bridgehead atoms. The lowest BCUT2D eigenvalue weighted by Crippen LogP contribution is -2.29. The van der Waals surface area contributed by atoms with Crippen LogP contribution < -0.4 is 9.64 Å². The van der Waals surface area contributed by atoms with Gasteiger partial charge in [0.2, 0.25) is 0 Å². The molecule has 1 aliphatic heterocycles. The SMILES string of the molecule is CCOc1ccc(/C(O)=C2\C(=O)C(=O)N(c3cccc(C(=O)OC)c3)C2c2ccc(C(C)(C)C)cc2)cc1C. The highest BCUT2D eigenvalue weighted by Gasteiger charge is 2.47. The predicted octanol–water partition coefficient (Wildman–Crippen LogP) is 6.10. The summed E-state index contributed by atoms with van der Waals surface area (Å²) in [4.78, 5) is 40.6. The summed E-state index contributed by atoms with van der Waals surface area (Å²) in [6.45, 7) is 10.5. The van der Waals surface area contributed by atoms with Crippen LogP contribution in [0.3, 0.4) is 0 Å². The number of amides is 1. The molecule has 0 radical (unpaired) electrons. The molecule has 3 aromatic carbocycles. The van der Waals surface area contributed by atoms with E-state index in [1.54, 1.807) is 36.4 Å². The fourth-order valence-electron chi connectivity index (χ4n) is 4.75. The van der Waals surface area contributed by atoms with Gasteiger partial charge in [0, 0.05) is 11.3 Å². The molecule has 0 spiro atoms. The zero-order valence-corrected chi connectivity index (χ0v) is 23.1. The summed E-state index contributed by atoms with van der Waals surface area (Å²) in [5.74, 6) is -1.79. The number of rotatable bonds is 6. The number of methoxy groups -OCH3 is 1. The Balaban J connectivity index is 1.92. The monoisotopic (exact) mass is 527 g/mol. The second-order valence-corrected chi connectivity index (χ2v) is 10.5. The fourth-order valence-corrected chi connectivity index (χ4v) is 4.75. The first-order valence-corrected chi connectivity index (χ1v) is 12.8. The van der Waals surface area contributed by atoms with E-state index in [2.05, 4.69) is 20.8 Å². The van der Waals surface area contributed by atoms with Crippen molar-refractivity contribution >= 4 is 29.1 Å². The van der Waals surface area contributed by atoms with Crippen molar-refractivity contribution in [3.63, 3.8) is 0 Å². The lowest BCUT2D eigenvalue weighted by molar-refractivity contribution is -0.132. The van der Waals surface area contributed by atoms with Crippen LogP contribution in [0, 0.1) is 6.92 Å². The third kappa shape index (κ3) is 5.30. The molecule has 3 aromatic rings. The molecule has 1 saturated heterocycles. The van der Waals surface area contributed by atoms with E-state index in [1.807, 2.05) is 38.1 Å². The third-order valence-corrected chi connectivity index (χ3v) is 6.83. The quantitative estimate of drug-likeness (QED) is 0.180. The molecule has 0 aliphatic carbocycles. The van der Waals surface area contributed by atoms with Crippen LogP contribution in [-0.2, 0) is 19.7 Å². The van der Waals surface area contributed by atoms with E-state index in [-0.39, 0.29) is 22.3 Å². The Morgan fingerprint density at radius 2 is 1.67 bits per heavy atom. The van der Waals surface area contributed by atoms with Crippen molar-refractivity contribution < 1.29 is 29.0 Å². The molecule has 7 heteroatoms. The number of carbonyl (C=O) groups is 3. The molecule has 0 aromatic heterocycles. The fraction of sp³-hybridized carbons (Fsp3) is 0.281. The maximum atomic E-state index is 13.5. The number of aliphatic hydroxyl groups excluding tert-OH is 1. The van der Waals surface area contributed by atoms with Crippen molar-refractivity contribution in [3.8, 4) is 5.75 Å². The van der Waals surface area contributed by atoms with Gasteiger partial charge >= 0.3 is 5.97 Å². The normalized spacial score (nSPS) is 16.9. The van der Waals surface area contributed by atoms with Crippen LogP contribution in [0.15, 0.2) is 72.3 Å². The average molecular weight is 528 g/mol. The van der Waals surface area contributed by atoms with Crippen molar-refractivity contribution in [2.45, 2.75) is 46.1 Å². The van der Waals surface area contributed by atoms with Crippen LogP contribution in [0.1, 0.15) is 66.3 Å². The second-order valence-electron chi connectivity index (χ2n) is 10.5. The number of aliphatic hydroxyl groups is 1. The Labute approximate surface area is 228 Å². The Hall–Kier alpha value is -4.39. The van der Waals surface area contributed by atoms with Crippen molar-refractivity contribution in [1.82, 2.24) is 0 Å². The van der Waals surface area contributed by atoms with Crippen LogP contribution in [0.5, 0.6) is 5.75 Å². The molecular weight excluding hydrogens is 494 g/mol. The molecule has 4 rings (SSSR count). The maximum Gasteiger partial charge on any atom is 0.337 e. The number of Topliss-reactive ketones (excluding diaryl/α,β-unsaturated/α-hetero) is 1. The lowest BCUT2D eigenvalue weighted by atomic mass is 9.85. The number of benzene rings is 3. The largest absolute Gasteiger partial charge is 0.507 e. The van der Waals surface area contributed by atoms with Gasteiger partial charge in [0.1, 0.15) is 11.5 Å². The maximum absolute atomic E-state index is 13.5. The molecular formula is C32H33NO6. The van der Waals surface area contributed by atoms with Crippen molar-refractivity contribution in [1.29, 1.82) is 0 Å². The van der Waals surface area contributed by atoms with Gasteiger partial charge in [-0.05, 0) is 72.4 Å². The zero-order valence-electron chi connectivity index (χ0n) is 23.1. The molecule has 1 heterocycles. The zero-order chi connectivity index (χ0) is 28.5. The van der Waals surface area contributed by atoms with Crippen LogP contribution in [-0.4, -0.2) is 36.5 Å². The van der Waals surface area contributed by atoms with Gasteiger partial charge in [-0.1, -0.05) is 51.1 Å². The topological polar surface area (TPSA) is 93.1 Å². The van der Waals surface area contributed by atoms with E-state index < -0.39 is 23.7 Å². The van der Waals surface area contributed by atoms with Gasteiger partial charge in [-0.15, -0.1) is 0 Å². The summed E-state index contributed by atoms with van der Waals surface area (Å²) in [6.07, 6.45) is 0. The van der Waals surface area contributed by atoms with Gasteiger partial charge in [0.15, 0.2) is 0 Å². The minimum atomic E-state index is -0.918. The van der Waals surface area contributed by atoms with Crippen LogP contribution in [0.2, 0.25) is 0 Å². The van der Waals surface area contributed by atoms with E-state index in [0.717, 1.165) is 11.1 Å². The number of ether oxygens (including phenoxy) is 2.